The minimum absolute atomic E-state index is 0.0142. The highest BCUT2D eigenvalue weighted by molar-refractivity contribution is 4.98. The smallest absolute Gasteiger partial charge is 0.157 e. The van der Waals surface area contributed by atoms with Crippen molar-refractivity contribution in [1.82, 2.24) is 0 Å². The molecule has 1 saturated heterocycles. The average molecular weight is 250 g/mol. The second kappa shape index (κ2) is 9.88. The van der Waals surface area contributed by atoms with Crippen LogP contribution in [0.5, 0.6) is 0 Å². The van der Waals surface area contributed by atoms with Crippen LogP contribution in [0.2, 0.25) is 0 Å². The van der Waals surface area contributed by atoms with Crippen LogP contribution in [-0.4, -0.2) is 19.5 Å². The van der Waals surface area contributed by atoms with Crippen molar-refractivity contribution < 1.29 is 9.47 Å². The lowest BCUT2D eigenvalue weighted by Crippen LogP contribution is -2.22. The van der Waals surface area contributed by atoms with Crippen molar-refractivity contribution in [3.63, 3.8) is 0 Å². The third kappa shape index (κ3) is 6.59. The molecule has 1 aliphatic rings. The fourth-order valence-corrected chi connectivity index (χ4v) is 2.02. The minimum atomic E-state index is -0.433. The number of unbranched alkanes of at least 4 members (excludes halogenated alkanes) is 3. The number of rotatable bonds is 8. The SMILES string of the molecule is N#CC(C#N)CCCCCCOC1CCCCO1. The Balaban J connectivity index is 1.87. The molecular formula is C14H22N2O2. The van der Waals surface area contributed by atoms with Crippen molar-refractivity contribution >= 4 is 0 Å². The number of nitriles is 2. The van der Waals surface area contributed by atoms with E-state index in [4.69, 9.17) is 20.0 Å². The van der Waals surface area contributed by atoms with Crippen LogP contribution in [0, 0.1) is 28.6 Å². The van der Waals surface area contributed by atoms with Gasteiger partial charge in [-0.15, -0.1) is 0 Å². The first-order valence-corrected chi connectivity index (χ1v) is 6.89. The van der Waals surface area contributed by atoms with Crippen molar-refractivity contribution in [2.45, 2.75) is 57.7 Å². The molecule has 0 aromatic rings. The lowest BCUT2D eigenvalue weighted by atomic mass is 10.0. The Bertz CT molecular complexity index is 273. The second-order valence-electron chi connectivity index (χ2n) is 4.68. The third-order valence-electron chi connectivity index (χ3n) is 3.14. The summed E-state index contributed by atoms with van der Waals surface area (Å²) in [6.07, 6.45) is 8.22. The van der Waals surface area contributed by atoms with Gasteiger partial charge in [-0.3, -0.25) is 0 Å². The molecule has 0 bridgehead atoms. The Morgan fingerprint density at radius 3 is 2.56 bits per heavy atom. The molecule has 0 radical (unpaired) electrons. The molecular weight excluding hydrogens is 228 g/mol. The van der Waals surface area contributed by atoms with E-state index in [0.717, 1.165) is 51.7 Å². The van der Waals surface area contributed by atoms with Crippen LogP contribution < -0.4 is 0 Å². The number of nitrogens with zero attached hydrogens (tertiary/aromatic N) is 2. The molecule has 0 aromatic carbocycles. The van der Waals surface area contributed by atoms with Crippen LogP contribution in [0.3, 0.4) is 0 Å². The van der Waals surface area contributed by atoms with E-state index in [1.807, 2.05) is 12.1 Å². The van der Waals surface area contributed by atoms with Crippen LogP contribution in [0.4, 0.5) is 0 Å². The molecule has 1 heterocycles. The Kier molecular flexibility index (Phi) is 8.21. The van der Waals surface area contributed by atoms with E-state index in [0.29, 0.717) is 6.42 Å². The topological polar surface area (TPSA) is 66.0 Å². The minimum Gasteiger partial charge on any atom is -0.353 e. The predicted octanol–water partition coefficient (Wildman–Crippen LogP) is 3.14. The first-order valence-electron chi connectivity index (χ1n) is 6.89. The molecule has 0 N–H and O–H groups in total. The average Bonchev–Trinajstić information content (AvgIpc) is 2.43. The summed E-state index contributed by atoms with van der Waals surface area (Å²) in [5.74, 6) is -0.433. The number of hydrogen-bond donors (Lipinski definition) is 0. The van der Waals surface area contributed by atoms with Crippen molar-refractivity contribution in [2.75, 3.05) is 13.2 Å². The first-order chi connectivity index (χ1) is 8.86. The number of ether oxygens (including phenoxy) is 2. The molecule has 1 rings (SSSR count). The van der Waals surface area contributed by atoms with E-state index < -0.39 is 5.92 Å². The molecule has 0 amide bonds. The summed E-state index contributed by atoms with van der Waals surface area (Å²) in [6.45, 7) is 1.58. The van der Waals surface area contributed by atoms with Crippen LogP contribution in [0.25, 0.3) is 0 Å². The van der Waals surface area contributed by atoms with Crippen molar-refractivity contribution in [3.8, 4) is 12.1 Å². The Hall–Kier alpha value is -1.10. The van der Waals surface area contributed by atoms with Crippen LogP contribution >= 0.6 is 0 Å². The summed E-state index contributed by atoms with van der Waals surface area (Å²) in [5.41, 5.74) is 0. The van der Waals surface area contributed by atoms with E-state index in [1.54, 1.807) is 0 Å². The molecule has 1 atom stereocenters. The maximum absolute atomic E-state index is 8.60. The van der Waals surface area contributed by atoms with Gasteiger partial charge in [0.2, 0.25) is 0 Å². The zero-order valence-electron chi connectivity index (χ0n) is 10.9. The molecule has 4 nitrogen and oxygen atoms in total. The maximum atomic E-state index is 8.60. The van der Waals surface area contributed by atoms with E-state index in [1.165, 1.54) is 6.42 Å². The standard InChI is InChI=1S/C14H22N2O2/c15-11-13(12-16)7-3-1-2-5-9-17-14-8-4-6-10-18-14/h13-14H,1-10H2. The highest BCUT2D eigenvalue weighted by Gasteiger charge is 2.13. The van der Waals surface area contributed by atoms with Gasteiger partial charge in [0.15, 0.2) is 6.29 Å². The fourth-order valence-electron chi connectivity index (χ4n) is 2.02. The van der Waals surface area contributed by atoms with Gasteiger partial charge in [0, 0.05) is 13.2 Å². The van der Waals surface area contributed by atoms with E-state index in [2.05, 4.69) is 0 Å². The number of hydrogen-bond acceptors (Lipinski definition) is 4. The van der Waals surface area contributed by atoms with Gasteiger partial charge in [-0.05, 0) is 32.1 Å². The van der Waals surface area contributed by atoms with Crippen molar-refractivity contribution in [1.29, 1.82) is 10.5 Å². The van der Waals surface area contributed by atoms with Crippen molar-refractivity contribution in [3.05, 3.63) is 0 Å². The molecule has 0 aromatic heterocycles. The maximum Gasteiger partial charge on any atom is 0.157 e. The molecule has 1 unspecified atom stereocenters. The molecule has 100 valence electrons. The molecule has 1 aliphatic heterocycles. The highest BCUT2D eigenvalue weighted by atomic mass is 16.7. The van der Waals surface area contributed by atoms with Crippen LogP contribution in [-0.2, 0) is 9.47 Å². The summed E-state index contributed by atoms with van der Waals surface area (Å²) in [7, 11) is 0. The van der Waals surface area contributed by atoms with Gasteiger partial charge in [-0.1, -0.05) is 19.3 Å². The highest BCUT2D eigenvalue weighted by Crippen LogP contribution is 2.15. The summed E-state index contributed by atoms with van der Waals surface area (Å²) in [4.78, 5) is 0. The molecule has 18 heavy (non-hydrogen) atoms. The molecule has 0 saturated carbocycles. The largest absolute Gasteiger partial charge is 0.353 e. The first kappa shape index (κ1) is 15.0. The third-order valence-corrected chi connectivity index (χ3v) is 3.14. The molecule has 4 heteroatoms. The monoisotopic (exact) mass is 250 g/mol. The molecule has 1 fully saturated rings. The normalized spacial score (nSPS) is 19.4. The van der Waals surface area contributed by atoms with E-state index in [-0.39, 0.29) is 6.29 Å². The van der Waals surface area contributed by atoms with Gasteiger partial charge in [0.05, 0.1) is 12.1 Å². The lowest BCUT2D eigenvalue weighted by Gasteiger charge is -2.22. The van der Waals surface area contributed by atoms with Crippen LogP contribution in [0.1, 0.15) is 51.4 Å². The van der Waals surface area contributed by atoms with Gasteiger partial charge in [0.25, 0.3) is 0 Å². The Labute approximate surface area is 109 Å². The Morgan fingerprint density at radius 1 is 1.11 bits per heavy atom. The zero-order valence-corrected chi connectivity index (χ0v) is 10.9. The summed E-state index contributed by atoms with van der Waals surface area (Å²) < 4.78 is 11.1. The quantitative estimate of drug-likeness (QED) is 0.621. The molecule has 0 spiro atoms. The van der Waals surface area contributed by atoms with Gasteiger partial charge < -0.3 is 9.47 Å². The Morgan fingerprint density at radius 2 is 1.89 bits per heavy atom. The summed E-state index contributed by atoms with van der Waals surface area (Å²) in [5, 5.41) is 17.2. The fraction of sp³-hybridized carbons (Fsp3) is 0.857. The zero-order chi connectivity index (χ0) is 13.1. The lowest BCUT2D eigenvalue weighted by molar-refractivity contribution is -0.162. The predicted molar refractivity (Wildman–Crippen MR) is 67.3 cm³/mol. The second-order valence-corrected chi connectivity index (χ2v) is 4.68. The van der Waals surface area contributed by atoms with Gasteiger partial charge in [-0.25, -0.2) is 0 Å². The van der Waals surface area contributed by atoms with E-state index >= 15 is 0 Å². The van der Waals surface area contributed by atoms with Gasteiger partial charge in [0.1, 0.15) is 5.92 Å². The summed E-state index contributed by atoms with van der Waals surface area (Å²) in [6, 6.07) is 3.99. The van der Waals surface area contributed by atoms with Gasteiger partial charge >= 0.3 is 0 Å². The van der Waals surface area contributed by atoms with Crippen LogP contribution in [0.15, 0.2) is 0 Å². The van der Waals surface area contributed by atoms with E-state index in [9.17, 15) is 0 Å². The summed E-state index contributed by atoms with van der Waals surface area (Å²) >= 11 is 0. The van der Waals surface area contributed by atoms with Gasteiger partial charge in [-0.2, -0.15) is 10.5 Å². The van der Waals surface area contributed by atoms with Crippen molar-refractivity contribution in [2.24, 2.45) is 5.92 Å². The molecule has 0 aliphatic carbocycles.